The molecule has 3 rings (SSSR count). The fourth-order valence-electron chi connectivity index (χ4n) is 2.90. The number of hydrogen-bond acceptors (Lipinski definition) is 7. The number of hydrogen-bond donors (Lipinski definition) is 1. The first-order valence-electron chi connectivity index (χ1n) is 9.41. The molecule has 3 heterocycles. The van der Waals surface area contributed by atoms with Crippen molar-refractivity contribution in [1.29, 1.82) is 0 Å². The van der Waals surface area contributed by atoms with E-state index in [2.05, 4.69) is 10.3 Å². The van der Waals surface area contributed by atoms with E-state index in [-0.39, 0.29) is 12.3 Å². The van der Waals surface area contributed by atoms with Crippen molar-refractivity contribution in [2.24, 2.45) is 0 Å². The van der Waals surface area contributed by atoms with Gasteiger partial charge in [-0.25, -0.2) is 13.4 Å². The molecule has 0 atom stereocenters. The second-order valence-electron chi connectivity index (χ2n) is 6.63. The summed E-state index contributed by atoms with van der Waals surface area (Å²) in [6, 6.07) is 6.88. The molecule has 0 bridgehead atoms. The van der Waals surface area contributed by atoms with Crippen molar-refractivity contribution in [3.8, 4) is 5.88 Å². The van der Waals surface area contributed by atoms with E-state index in [0.717, 1.165) is 34.6 Å². The molecule has 1 aliphatic heterocycles. The Morgan fingerprint density at radius 1 is 1.21 bits per heavy atom. The summed E-state index contributed by atoms with van der Waals surface area (Å²) in [5.41, 5.74) is 0.848. The van der Waals surface area contributed by atoms with Crippen LogP contribution in [-0.4, -0.2) is 57.0 Å². The minimum atomic E-state index is -3.43. The molecule has 1 N–H and O–H groups in total. The van der Waals surface area contributed by atoms with E-state index in [1.165, 1.54) is 4.31 Å². The number of ether oxygens (including phenoxy) is 2. The number of sulfonamides is 1. The zero-order valence-corrected chi connectivity index (χ0v) is 17.9. The third-order valence-electron chi connectivity index (χ3n) is 4.46. The highest BCUT2D eigenvalue weighted by atomic mass is 32.2. The van der Waals surface area contributed by atoms with Crippen molar-refractivity contribution < 1.29 is 22.7 Å². The summed E-state index contributed by atoms with van der Waals surface area (Å²) in [5.74, 6) is 0.333. The number of carbonyl (C=O) groups excluding carboxylic acids is 1. The van der Waals surface area contributed by atoms with Gasteiger partial charge in [-0.1, -0.05) is 6.07 Å². The molecule has 2 aromatic heterocycles. The van der Waals surface area contributed by atoms with E-state index in [9.17, 15) is 13.2 Å². The molecule has 1 saturated heterocycles. The summed E-state index contributed by atoms with van der Waals surface area (Å²) < 4.78 is 37.3. The fourth-order valence-corrected chi connectivity index (χ4v) is 5.93. The highest BCUT2D eigenvalue weighted by Gasteiger charge is 2.28. The Kier molecular flexibility index (Phi) is 7.59. The van der Waals surface area contributed by atoms with Gasteiger partial charge in [0.15, 0.2) is 0 Å². The van der Waals surface area contributed by atoms with Crippen LogP contribution in [0.5, 0.6) is 5.88 Å². The molecule has 0 saturated carbocycles. The van der Waals surface area contributed by atoms with Crippen LogP contribution in [0.4, 0.5) is 0 Å². The van der Waals surface area contributed by atoms with Gasteiger partial charge in [-0.15, -0.1) is 11.3 Å². The quantitative estimate of drug-likeness (QED) is 0.567. The Balaban J connectivity index is 1.48. The van der Waals surface area contributed by atoms with Gasteiger partial charge in [0.2, 0.25) is 11.8 Å². The van der Waals surface area contributed by atoms with E-state index in [1.807, 2.05) is 6.07 Å². The normalized spacial score (nSPS) is 14.8. The molecular formula is C19H25N3O5S2. The zero-order valence-electron chi connectivity index (χ0n) is 16.3. The topological polar surface area (TPSA) is 97.8 Å². The van der Waals surface area contributed by atoms with Crippen molar-refractivity contribution in [1.82, 2.24) is 14.6 Å². The van der Waals surface area contributed by atoms with Crippen molar-refractivity contribution in [3.05, 3.63) is 40.9 Å². The average Bonchev–Trinajstić information content (AvgIpc) is 3.40. The average molecular weight is 440 g/mol. The van der Waals surface area contributed by atoms with Crippen LogP contribution in [0.25, 0.3) is 0 Å². The number of nitrogens with zero attached hydrogens (tertiary/aromatic N) is 2. The highest BCUT2D eigenvalue weighted by molar-refractivity contribution is 7.91. The second kappa shape index (κ2) is 10.1. The van der Waals surface area contributed by atoms with E-state index in [0.29, 0.717) is 42.9 Å². The maximum atomic E-state index is 12.6. The van der Waals surface area contributed by atoms with Crippen LogP contribution in [0, 0.1) is 0 Å². The first-order chi connectivity index (χ1) is 14.0. The Labute approximate surface area is 174 Å². The Hall–Kier alpha value is -2.01. The molecule has 10 heteroatoms. The lowest BCUT2D eigenvalue weighted by atomic mass is 10.2. The summed E-state index contributed by atoms with van der Waals surface area (Å²) in [4.78, 5) is 17.1. The Bertz CT molecular complexity index is 906. The van der Waals surface area contributed by atoms with E-state index >= 15 is 0 Å². The van der Waals surface area contributed by atoms with Crippen LogP contribution in [0.3, 0.4) is 0 Å². The summed E-state index contributed by atoms with van der Waals surface area (Å²) in [6.07, 6.45) is 3.59. The van der Waals surface area contributed by atoms with Crippen LogP contribution >= 0.6 is 11.3 Å². The first-order valence-corrected chi connectivity index (χ1v) is 11.7. The van der Waals surface area contributed by atoms with Crippen LogP contribution in [0.2, 0.25) is 0 Å². The van der Waals surface area contributed by atoms with Gasteiger partial charge in [0.25, 0.3) is 10.0 Å². The largest absolute Gasteiger partial charge is 0.475 e. The maximum absolute atomic E-state index is 12.6. The molecule has 0 radical (unpaired) electrons. The van der Waals surface area contributed by atoms with Gasteiger partial charge in [0.05, 0.1) is 13.0 Å². The molecule has 0 aromatic carbocycles. The summed E-state index contributed by atoms with van der Waals surface area (Å²) >= 11 is 1.16. The molecule has 0 unspecified atom stereocenters. The summed E-state index contributed by atoms with van der Waals surface area (Å²) in [7, 11) is -1.83. The number of methoxy groups -OCH3 is 1. The lowest BCUT2D eigenvalue weighted by Crippen LogP contribution is -2.27. The number of rotatable bonds is 10. The van der Waals surface area contributed by atoms with Crippen LogP contribution < -0.4 is 10.1 Å². The van der Waals surface area contributed by atoms with Gasteiger partial charge < -0.3 is 14.8 Å². The summed E-state index contributed by atoms with van der Waals surface area (Å²) in [6.45, 7) is 2.40. The molecular weight excluding hydrogens is 414 g/mol. The third-order valence-corrected chi connectivity index (χ3v) is 7.91. The number of aromatic nitrogens is 1. The minimum absolute atomic E-state index is 0.145. The van der Waals surface area contributed by atoms with Gasteiger partial charge in [-0.05, 0) is 30.5 Å². The Morgan fingerprint density at radius 3 is 2.69 bits per heavy atom. The summed E-state index contributed by atoms with van der Waals surface area (Å²) in [5, 5.41) is 2.83. The second-order valence-corrected chi connectivity index (χ2v) is 9.96. The van der Waals surface area contributed by atoms with Crippen molar-refractivity contribution in [3.63, 3.8) is 0 Å². The number of nitrogens with one attached hydrogen (secondary N) is 1. The molecule has 8 nitrogen and oxygen atoms in total. The molecule has 1 fully saturated rings. The number of pyridine rings is 1. The Morgan fingerprint density at radius 2 is 2.00 bits per heavy atom. The number of amides is 1. The van der Waals surface area contributed by atoms with Gasteiger partial charge in [0, 0.05) is 43.9 Å². The van der Waals surface area contributed by atoms with E-state index < -0.39 is 10.0 Å². The zero-order chi connectivity index (χ0) is 20.7. The molecule has 29 heavy (non-hydrogen) atoms. The molecule has 0 spiro atoms. The highest BCUT2D eigenvalue weighted by Crippen LogP contribution is 2.27. The van der Waals surface area contributed by atoms with Gasteiger partial charge in [-0.2, -0.15) is 4.31 Å². The fraction of sp³-hybridized carbons (Fsp3) is 0.474. The predicted octanol–water partition coefficient (Wildman–Crippen LogP) is 1.81. The molecule has 2 aromatic rings. The van der Waals surface area contributed by atoms with Gasteiger partial charge in [-0.3, -0.25) is 4.79 Å². The third kappa shape index (κ3) is 5.99. The molecule has 158 valence electrons. The first kappa shape index (κ1) is 21.7. The van der Waals surface area contributed by atoms with Gasteiger partial charge in [0.1, 0.15) is 10.8 Å². The number of carbonyl (C=O) groups is 1. The molecule has 1 amide bonds. The lowest BCUT2D eigenvalue weighted by Gasteiger charge is -2.13. The van der Waals surface area contributed by atoms with Crippen molar-refractivity contribution >= 4 is 27.3 Å². The predicted molar refractivity (Wildman–Crippen MR) is 109 cm³/mol. The van der Waals surface area contributed by atoms with Crippen molar-refractivity contribution in [2.75, 3.05) is 33.4 Å². The monoisotopic (exact) mass is 439 g/mol. The lowest BCUT2D eigenvalue weighted by molar-refractivity contribution is -0.120. The van der Waals surface area contributed by atoms with E-state index in [1.54, 1.807) is 31.5 Å². The number of thiophene rings is 1. The van der Waals surface area contributed by atoms with Crippen LogP contribution in [0.15, 0.2) is 34.7 Å². The minimum Gasteiger partial charge on any atom is -0.475 e. The standard InChI is InChI=1S/C19H25N3O5S2/c1-26-10-11-27-18-6-4-15(14-21-18)13-20-17(23)12-16-5-7-19(28-16)29(24,25)22-8-2-3-9-22/h4-7,14H,2-3,8-13H2,1H3,(H,20,23). The maximum Gasteiger partial charge on any atom is 0.252 e. The van der Waals surface area contributed by atoms with Crippen LogP contribution in [0.1, 0.15) is 23.3 Å². The molecule has 0 aliphatic carbocycles. The van der Waals surface area contributed by atoms with Crippen LogP contribution in [-0.2, 0) is 32.5 Å². The van der Waals surface area contributed by atoms with Gasteiger partial charge >= 0.3 is 0 Å². The van der Waals surface area contributed by atoms with Crippen molar-refractivity contribution in [2.45, 2.75) is 30.0 Å². The molecule has 1 aliphatic rings. The van der Waals surface area contributed by atoms with E-state index in [4.69, 9.17) is 9.47 Å². The SMILES string of the molecule is COCCOc1ccc(CNC(=O)Cc2ccc(S(=O)(=O)N3CCCC3)s2)cn1. The smallest absolute Gasteiger partial charge is 0.252 e.